The molecule has 0 radical (unpaired) electrons. The van der Waals surface area contributed by atoms with E-state index in [0.717, 1.165) is 30.8 Å². The van der Waals surface area contributed by atoms with E-state index < -0.39 is 0 Å². The van der Waals surface area contributed by atoms with E-state index in [2.05, 4.69) is 48.3 Å². The van der Waals surface area contributed by atoms with Crippen LogP contribution < -0.4 is 10.6 Å². The van der Waals surface area contributed by atoms with Crippen molar-refractivity contribution < 1.29 is 0 Å². The van der Waals surface area contributed by atoms with Gasteiger partial charge >= 0.3 is 0 Å². The summed E-state index contributed by atoms with van der Waals surface area (Å²) in [6.45, 7) is 12.4. The largest absolute Gasteiger partial charge is 0.350 e. The highest BCUT2D eigenvalue weighted by molar-refractivity contribution is 5.31. The lowest BCUT2D eigenvalue weighted by molar-refractivity contribution is 0.623. The van der Waals surface area contributed by atoms with Crippen LogP contribution in [0.25, 0.3) is 0 Å². The topological polar surface area (TPSA) is 49.8 Å². The lowest BCUT2D eigenvalue weighted by Crippen LogP contribution is -2.27. The van der Waals surface area contributed by atoms with E-state index in [4.69, 9.17) is 0 Å². The summed E-state index contributed by atoms with van der Waals surface area (Å²) in [6, 6.07) is 0. The highest BCUT2D eigenvalue weighted by atomic mass is 15.1. The molecule has 96 valence electrons. The third-order valence-corrected chi connectivity index (χ3v) is 2.31. The van der Waals surface area contributed by atoms with E-state index in [1.165, 1.54) is 0 Å². The van der Waals surface area contributed by atoms with Crippen molar-refractivity contribution in [3.05, 3.63) is 17.5 Å². The number of aromatic nitrogens is 2. The molecule has 0 aliphatic heterocycles. The van der Waals surface area contributed by atoms with Crippen molar-refractivity contribution in [2.24, 2.45) is 0 Å². The van der Waals surface area contributed by atoms with Gasteiger partial charge in [-0.2, -0.15) is 0 Å². The van der Waals surface area contributed by atoms with Crippen molar-refractivity contribution >= 4 is 5.95 Å². The summed E-state index contributed by atoms with van der Waals surface area (Å²) in [4.78, 5) is 8.82. The van der Waals surface area contributed by atoms with Gasteiger partial charge in [-0.15, -0.1) is 0 Å². The fourth-order valence-corrected chi connectivity index (χ4v) is 1.46. The predicted molar refractivity (Wildman–Crippen MR) is 72.1 cm³/mol. The summed E-state index contributed by atoms with van der Waals surface area (Å²) in [6.07, 6.45) is 3.04. The van der Waals surface area contributed by atoms with Crippen molar-refractivity contribution in [2.75, 3.05) is 11.9 Å². The van der Waals surface area contributed by atoms with Gasteiger partial charge in [-0.3, -0.25) is 0 Å². The Labute approximate surface area is 104 Å². The summed E-state index contributed by atoms with van der Waals surface area (Å²) in [5.74, 6) is 0.703. The first-order valence-corrected chi connectivity index (χ1v) is 6.24. The second-order valence-corrected chi connectivity index (χ2v) is 5.36. The molecule has 0 unspecified atom stereocenters. The number of hydrogen-bond acceptors (Lipinski definition) is 4. The minimum absolute atomic E-state index is 0.00554. The Hall–Kier alpha value is -1.16. The Balaban J connectivity index is 2.66. The number of aryl methyl sites for hydroxylation is 1. The van der Waals surface area contributed by atoms with Crippen LogP contribution in [0.1, 0.15) is 45.4 Å². The third kappa shape index (κ3) is 5.13. The summed E-state index contributed by atoms with van der Waals surface area (Å²) < 4.78 is 0. The monoisotopic (exact) mass is 236 g/mol. The molecule has 2 N–H and O–H groups in total. The van der Waals surface area contributed by atoms with Gasteiger partial charge in [-0.1, -0.05) is 6.92 Å². The van der Waals surface area contributed by atoms with E-state index >= 15 is 0 Å². The molecule has 0 aliphatic rings. The molecule has 1 rings (SSSR count). The van der Waals surface area contributed by atoms with E-state index in [1.54, 1.807) is 0 Å². The number of nitrogens with zero attached hydrogens (tertiary/aromatic N) is 2. The normalized spacial score (nSPS) is 11.6. The number of hydrogen-bond donors (Lipinski definition) is 2. The summed E-state index contributed by atoms with van der Waals surface area (Å²) in [5.41, 5.74) is 2.20. The van der Waals surface area contributed by atoms with Crippen LogP contribution in [0.15, 0.2) is 6.20 Å². The molecule has 0 fully saturated rings. The second kappa shape index (κ2) is 5.96. The molecule has 0 aliphatic carbocycles. The Kier molecular flexibility index (Phi) is 4.87. The van der Waals surface area contributed by atoms with Crippen molar-refractivity contribution in [3.8, 4) is 0 Å². The summed E-state index contributed by atoms with van der Waals surface area (Å²) >= 11 is 0. The van der Waals surface area contributed by atoms with Crippen LogP contribution in [0.5, 0.6) is 0 Å². The molecule has 0 saturated heterocycles. The van der Waals surface area contributed by atoms with E-state index in [9.17, 15) is 0 Å². The Morgan fingerprint density at radius 2 is 2.00 bits per heavy atom. The van der Waals surface area contributed by atoms with Crippen LogP contribution in [0, 0.1) is 6.92 Å². The third-order valence-electron chi connectivity index (χ3n) is 2.31. The zero-order valence-corrected chi connectivity index (χ0v) is 11.6. The first kappa shape index (κ1) is 13.9. The minimum atomic E-state index is -0.00554. The van der Waals surface area contributed by atoms with E-state index in [-0.39, 0.29) is 5.54 Å². The van der Waals surface area contributed by atoms with Crippen LogP contribution in [0.3, 0.4) is 0 Å². The molecule has 0 atom stereocenters. The Bertz CT molecular complexity index is 355. The smallest absolute Gasteiger partial charge is 0.223 e. The predicted octanol–water partition coefficient (Wildman–Crippen LogP) is 2.50. The lowest BCUT2D eigenvalue weighted by Gasteiger charge is -2.20. The molecule has 4 nitrogen and oxygen atoms in total. The fraction of sp³-hybridized carbons (Fsp3) is 0.692. The molecule has 1 heterocycles. The van der Waals surface area contributed by atoms with Crippen LogP contribution in [0.4, 0.5) is 5.95 Å². The average molecular weight is 236 g/mol. The van der Waals surface area contributed by atoms with E-state index in [1.807, 2.05) is 13.1 Å². The number of rotatable bonds is 5. The molecular weight excluding hydrogens is 212 g/mol. The quantitative estimate of drug-likeness (QED) is 0.771. The zero-order chi connectivity index (χ0) is 12.9. The Morgan fingerprint density at radius 3 is 2.53 bits per heavy atom. The van der Waals surface area contributed by atoms with Gasteiger partial charge in [-0.05, 0) is 40.7 Å². The second-order valence-electron chi connectivity index (χ2n) is 5.36. The maximum atomic E-state index is 4.48. The van der Waals surface area contributed by atoms with Gasteiger partial charge in [0.15, 0.2) is 0 Å². The van der Waals surface area contributed by atoms with Crippen molar-refractivity contribution in [3.63, 3.8) is 0 Å². The molecule has 17 heavy (non-hydrogen) atoms. The van der Waals surface area contributed by atoms with Gasteiger partial charge in [0.25, 0.3) is 0 Å². The summed E-state index contributed by atoms with van der Waals surface area (Å²) in [7, 11) is 0. The van der Waals surface area contributed by atoms with Crippen molar-refractivity contribution in [1.82, 2.24) is 15.3 Å². The van der Waals surface area contributed by atoms with Crippen molar-refractivity contribution in [2.45, 2.75) is 53.1 Å². The van der Waals surface area contributed by atoms with Gasteiger partial charge in [0.05, 0.1) is 0 Å². The lowest BCUT2D eigenvalue weighted by atomic mass is 10.1. The first-order valence-electron chi connectivity index (χ1n) is 6.24. The van der Waals surface area contributed by atoms with Gasteiger partial charge in [-0.25, -0.2) is 9.97 Å². The molecule has 4 heteroatoms. The standard InChI is InChI=1S/C13H24N4/c1-6-7-14-8-11-9-15-12(16-10(11)2)17-13(3,4)5/h9,14H,6-8H2,1-5H3,(H,15,16,17). The fourth-order valence-electron chi connectivity index (χ4n) is 1.46. The highest BCUT2D eigenvalue weighted by Crippen LogP contribution is 2.11. The van der Waals surface area contributed by atoms with Crippen LogP contribution in [0.2, 0.25) is 0 Å². The van der Waals surface area contributed by atoms with Crippen LogP contribution in [-0.2, 0) is 6.54 Å². The van der Waals surface area contributed by atoms with Gasteiger partial charge in [0, 0.05) is 29.5 Å². The molecule has 1 aromatic heterocycles. The van der Waals surface area contributed by atoms with Crippen LogP contribution >= 0.6 is 0 Å². The van der Waals surface area contributed by atoms with E-state index in [0.29, 0.717) is 5.95 Å². The van der Waals surface area contributed by atoms with Crippen LogP contribution in [-0.4, -0.2) is 22.1 Å². The Morgan fingerprint density at radius 1 is 1.29 bits per heavy atom. The zero-order valence-electron chi connectivity index (χ0n) is 11.6. The number of anilines is 1. The van der Waals surface area contributed by atoms with Gasteiger partial charge in [0.2, 0.25) is 5.95 Å². The molecule has 0 spiro atoms. The molecule has 0 bridgehead atoms. The molecule has 0 amide bonds. The minimum Gasteiger partial charge on any atom is -0.350 e. The highest BCUT2D eigenvalue weighted by Gasteiger charge is 2.11. The average Bonchev–Trinajstić information content (AvgIpc) is 2.19. The maximum absolute atomic E-state index is 4.48. The molecule has 0 aromatic carbocycles. The molecule has 1 aromatic rings. The van der Waals surface area contributed by atoms with Gasteiger partial charge < -0.3 is 10.6 Å². The molecular formula is C13H24N4. The summed E-state index contributed by atoms with van der Waals surface area (Å²) in [5, 5.41) is 6.63. The van der Waals surface area contributed by atoms with Gasteiger partial charge in [0.1, 0.15) is 0 Å². The first-order chi connectivity index (χ1) is 7.92. The molecule has 0 saturated carbocycles. The maximum Gasteiger partial charge on any atom is 0.223 e. The number of nitrogens with one attached hydrogen (secondary N) is 2. The van der Waals surface area contributed by atoms with Crippen molar-refractivity contribution in [1.29, 1.82) is 0 Å². The SMILES string of the molecule is CCCNCc1cnc(NC(C)(C)C)nc1C.